The van der Waals surface area contributed by atoms with Gasteiger partial charge in [-0.15, -0.1) is 6.58 Å². The second kappa shape index (κ2) is 4.27. The predicted octanol–water partition coefficient (Wildman–Crippen LogP) is 2.59. The number of aliphatic hydroxyl groups excluding tert-OH is 1. The van der Waals surface area contributed by atoms with Gasteiger partial charge in [-0.3, -0.25) is 0 Å². The fourth-order valence-electron chi connectivity index (χ4n) is 1.70. The SMILES string of the molecule is C=CCC(O)C1=C(C=C)CCC1. The van der Waals surface area contributed by atoms with Crippen molar-refractivity contribution in [1.29, 1.82) is 0 Å². The standard InChI is InChI=1S/C11H16O/c1-3-6-11(12)10-8-5-7-9(10)4-2/h3-4,11-12H,1-2,5-8H2. The molecule has 12 heavy (non-hydrogen) atoms. The van der Waals surface area contributed by atoms with Crippen molar-refractivity contribution >= 4 is 0 Å². The largest absolute Gasteiger partial charge is 0.388 e. The maximum Gasteiger partial charge on any atom is 0.0790 e. The Morgan fingerprint density at radius 3 is 2.75 bits per heavy atom. The number of allylic oxidation sites excluding steroid dienone is 2. The Morgan fingerprint density at radius 2 is 2.17 bits per heavy atom. The maximum absolute atomic E-state index is 9.67. The smallest absolute Gasteiger partial charge is 0.0790 e. The highest BCUT2D eigenvalue weighted by Gasteiger charge is 2.17. The van der Waals surface area contributed by atoms with E-state index in [-0.39, 0.29) is 6.10 Å². The van der Waals surface area contributed by atoms with Gasteiger partial charge in [0.15, 0.2) is 0 Å². The Hall–Kier alpha value is -0.820. The van der Waals surface area contributed by atoms with Crippen LogP contribution in [0.3, 0.4) is 0 Å². The molecule has 1 heteroatoms. The number of hydrogen-bond acceptors (Lipinski definition) is 1. The van der Waals surface area contributed by atoms with Crippen LogP contribution >= 0.6 is 0 Å². The molecule has 1 aliphatic rings. The van der Waals surface area contributed by atoms with Crippen LogP contribution in [0.5, 0.6) is 0 Å². The first-order chi connectivity index (χ1) is 5.79. The summed E-state index contributed by atoms with van der Waals surface area (Å²) in [5.74, 6) is 0. The average molecular weight is 164 g/mol. The van der Waals surface area contributed by atoms with Gasteiger partial charge in [0.2, 0.25) is 0 Å². The monoisotopic (exact) mass is 164 g/mol. The third-order valence-corrected chi connectivity index (χ3v) is 2.34. The molecule has 66 valence electrons. The quantitative estimate of drug-likeness (QED) is 0.633. The topological polar surface area (TPSA) is 20.2 Å². The van der Waals surface area contributed by atoms with E-state index in [1.54, 1.807) is 6.08 Å². The number of hydrogen-bond donors (Lipinski definition) is 1. The molecule has 1 aliphatic carbocycles. The van der Waals surface area contributed by atoms with Gasteiger partial charge in [-0.25, -0.2) is 0 Å². The fourth-order valence-corrected chi connectivity index (χ4v) is 1.70. The van der Waals surface area contributed by atoms with Crippen LogP contribution < -0.4 is 0 Å². The summed E-state index contributed by atoms with van der Waals surface area (Å²) in [6.45, 7) is 7.36. The molecular weight excluding hydrogens is 148 g/mol. The zero-order valence-corrected chi connectivity index (χ0v) is 7.42. The zero-order valence-electron chi connectivity index (χ0n) is 7.42. The van der Waals surface area contributed by atoms with Crippen LogP contribution in [-0.2, 0) is 0 Å². The first-order valence-electron chi connectivity index (χ1n) is 4.43. The highest BCUT2D eigenvalue weighted by molar-refractivity contribution is 5.31. The zero-order chi connectivity index (χ0) is 8.97. The molecular formula is C11H16O. The van der Waals surface area contributed by atoms with Crippen molar-refractivity contribution in [3.8, 4) is 0 Å². The molecule has 0 aromatic heterocycles. The van der Waals surface area contributed by atoms with E-state index in [1.165, 1.54) is 11.1 Å². The summed E-state index contributed by atoms with van der Waals surface area (Å²) in [5, 5.41) is 9.67. The third-order valence-electron chi connectivity index (χ3n) is 2.34. The lowest BCUT2D eigenvalue weighted by atomic mass is 10.0. The van der Waals surface area contributed by atoms with E-state index in [2.05, 4.69) is 13.2 Å². The van der Waals surface area contributed by atoms with Crippen LogP contribution in [0.15, 0.2) is 36.5 Å². The first kappa shape index (κ1) is 9.27. The van der Waals surface area contributed by atoms with Gasteiger partial charge >= 0.3 is 0 Å². The van der Waals surface area contributed by atoms with Gasteiger partial charge in [0.25, 0.3) is 0 Å². The molecule has 1 unspecified atom stereocenters. The molecule has 0 aliphatic heterocycles. The predicted molar refractivity (Wildman–Crippen MR) is 51.9 cm³/mol. The van der Waals surface area contributed by atoms with Crippen molar-refractivity contribution in [1.82, 2.24) is 0 Å². The summed E-state index contributed by atoms with van der Waals surface area (Å²) < 4.78 is 0. The summed E-state index contributed by atoms with van der Waals surface area (Å²) in [5.41, 5.74) is 2.41. The minimum absolute atomic E-state index is 0.321. The molecule has 0 spiro atoms. The fraction of sp³-hybridized carbons (Fsp3) is 0.455. The Balaban J connectivity index is 2.70. The molecule has 1 rings (SSSR count). The van der Waals surface area contributed by atoms with Crippen molar-refractivity contribution in [2.24, 2.45) is 0 Å². The van der Waals surface area contributed by atoms with Gasteiger partial charge in [0.1, 0.15) is 0 Å². The van der Waals surface area contributed by atoms with Crippen LogP contribution in [-0.4, -0.2) is 11.2 Å². The van der Waals surface area contributed by atoms with Crippen LogP contribution in [0.1, 0.15) is 25.7 Å². The number of rotatable bonds is 4. The maximum atomic E-state index is 9.67. The summed E-state index contributed by atoms with van der Waals surface area (Å²) in [7, 11) is 0. The van der Waals surface area contributed by atoms with Gasteiger partial charge in [-0.2, -0.15) is 0 Å². The molecule has 0 radical (unpaired) electrons. The van der Waals surface area contributed by atoms with E-state index in [1.807, 2.05) is 6.08 Å². The minimum atomic E-state index is -0.321. The Labute approximate surface area is 74.1 Å². The van der Waals surface area contributed by atoms with Gasteiger partial charge in [0.05, 0.1) is 6.10 Å². The van der Waals surface area contributed by atoms with Crippen LogP contribution in [0, 0.1) is 0 Å². The second-order valence-corrected chi connectivity index (χ2v) is 3.15. The van der Waals surface area contributed by atoms with Crippen molar-refractivity contribution in [3.05, 3.63) is 36.5 Å². The Morgan fingerprint density at radius 1 is 1.42 bits per heavy atom. The molecule has 1 atom stereocenters. The van der Waals surface area contributed by atoms with E-state index < -0.39 is 0 Å². The van der Waals surface area contributed by atoms with Gasteiger partial charge < -0.3 is 5.11 Å². The van der Waals surface area contributed by atoms with E-state index in [0.29, 0.717) is 6.42 Å². The van der Waals surface area contributed by atoms with Gasteiger partial charge in [-0.05, 0) is 36.8 Å². The van der Waals surface area contributed by atoms with Gasteiger partial charge in [0, 0.05) is 0 Å². The molecule has 0 fully saturated rings. The molecule has 0 saturated heterocycles. The Bertz CT molecular complexity index is 213. The van der Waals surface area contributed by atoms with Crippen molar-refractivity contribution in [2.75, 3.05) is 0 Å². The molecule has 0 heterocycles. The Kier molecular flexibility index (Phi) is 3.30. The highest BCUT2D eigenvalue weighted by Crippen LogP contribution is 2.29. The molecule has 0 amide bonds. The molecule has 1 nitrogen and oxygen atoms in total. The lowest BCUT2D eigenvalue weighted by Gasteiger charge is -2.10. The molecule has 1 N–H and O–H groups in total. The van der Waals surface area contributed by atoms with Crippen LogP contribution in [0.2, 0.25) is 0 Å². The molecule has 0 aromatic rings. The summed E-state index contributed by atoms with van der Waals surface area (Å²) >= 11 is 0. The average Bonchev–Trinajstić information content (AvgIpc) is 2.51. The van der Waals surface area contributed by atoms with E-state index >= 15 is 0 Å². The summed E-state index contributed by atoms with van der Waals surface area (Å²) in [6.07, 6.45) is 7.23. The number of aliphatic hydroxyl groups is 1. The summed E-state index contributed by atoms with van der Waals surface area (Å²) in [6, 6.07) is 0. The molecule has 0 aromatic carbocycles. The van der Waals surface area contributed by atoms with Crippen molar-refractivity contribution in [3.63, 3.8) is 0 Å². The normalized spacial score (nSPS) is 19.4. The lowest BCUT2D eigenvalue weighted by molar-refractivity contribution is 0.211. The second-order valence-electron chi connectivity index (χ2n) is 3.15. The minimum Gasteiger partial charge on any atom is -0.388 e. The van der Waals surface area contributed by atoms with E-state index in [4.69, 9.17) is 0 Å². The van der Waals surface area contributed by atoms with Crippen molar-refractivity contribution in [2.45, 2.75) is 31.8 Å². The highest BCUT2D eigenvalue weighted by atomic mass is 16.3. The lowest BCUT2D eigenvalue weighted by Crippen LogP contribution is -2.08. The van der Waals surface area contributed by atoms with Crippen LogP contribution in [0.4, 0.5) is 0 Å². The third kappa shape index (κ3) is 1.86. The van der Waals surface area contributed by atoms with Crippen molar-refractivity contribution < 1.29 is 5.11 Å². The first-order valence-corrected chi connectivity index (χ1v) is 4.43. The van der Waals surface area contributed by atoms with E-state index in [0.717, 1.165) is 19.3 Å². The summed E-state index contributed by atoms with van der Waals surface area (Å²) in [4.78, 5) is 0. The van der Waals surface area contributed by atoms with Crippen LogP contribution in [0.25, 0.3) is 0 Å². The molecule has 0 saturated carbocycles. The van der Waals surface area contributed by atoms with E-state index in [9.17, 15) is 5.11 Å². The van der Waals surface area contributed by atoms with Gasteiger partial charge in [-0.1, -0.05) is 18.7 Å². The molecule has 0 bridgehead atoms.